The molecule has 10 heteroatoms. The van der Waals surface area contributed by atoms with Crippen LogP contribution in [0.5, 0.6) is 11.5 Å². The highest BCUT2D eigenvalue weighted by Crippen LogP contribution is 2.57. The lowest BCUT2D eigenvalue weighted by Gasteiger charge is -2.45. The van der Waals surface area contributed by atoms with Gasteiger partial charge in [0.25, 0.3) is 0 Å². The normalized spacial score (nSPS) is 26.6. The van der Waals surface area contributed by atoms with Crippen molar-refractivity contribution in [2.24, 2.45) is 47.2 Å². The molecule has 10 N–H and O–H groups in total. The van der Waals surface area contributed by atoms with E-state index < -0.39 is 23.6 Å². The molecule has 10 unspecified atom stereocenters. The number of aliphatic hydroxyl groups is 3. The van der Waals surface area contributed by atoms with Crippen molar-refractivity contribution in [1.82, 2.24) is 10.3 Å². The average Bonchev–Trinajstić information content (AvgIpc) is 3.86. The third kappa shape index (κ3) is 11.6. The molecule has 68 heavy (non-hydrogen) atoms. The number of hydrogen-bond acceptors (Lipinski definition) is 8. The van der Waals surface area contributed by atoms with Gasteiger partial charge in [-0.2, -0.15) is 0 Å². The maximum atomic E-state index is 13.2. The molecule has 3 aromatic carbocycles. The second-order valence-corrected chi connectivity index (χ2v) is 20.8. The van der Waals surface area contributed by atoms with E-state index in [0.717, 1.165) is 78.6 Å². The van der Waals surface area contributed by atoms with Crippen LogP contribution in [0.25, 0.3) is 22.4 Å². The minimum atomic E-state index is -1.16. The summed E-state index contributed by atoms with van der Waals surface area (Å²) in [6, 6.07) is 25.2. The van der Waals surface area contributed by atoms with Crippen LogP contribution in [0, 0.1) is 41.4 Å². The van der Waals surface area contributed by atoms with Crippen molar-refractivity contribution < 1.29 is 35.4 Å². The summed E-state index contributed by atoms with van der Waals surface area (Å²) in [5, 5.41) is 72.1. The van der Waals surface area contributed by atoms with Crippen LogP contribution >= 0.6 is 0 Å². The molecule has 2 heterocycles. The molecule has 1 aliphatic heterocycles. The average molecular weight is 926 g/mol. The molecule has 2 saturated carbocycles. The smallest absolute Gasteiger partial charge is 0.309 e. The molecule has 4 aliphatic rings. The number of aromatic nitrogens is 1. The number of phenols is 2. The van der Waals surface area contributed by atoms with Gasteiger partial charge in [0.15, 0.2) is 0 Å². The van der Waals surface area contributed by atoms with Gasteiger partial charge in [0.1, 0.15) is 11.5 Å². The maximum Gasteiger partial charge on any atom is 0.309 e. The van der Waals surface area contributed by atoms with E-state index in [0.29, 0.717) is 74.4 Å². The highest BCUT2D eigenvalue weighted by Gasteiger charge is 2.57. The molecule has 10 atom stereocenters. The molecule has 0 saturated heterocycles. The molecule has 8 rings (SSSR count). The second-order valence-electron chi connectivity index (χ2n) is 20.8. The van der Waals surface area contributed by atoms with Crippen LogP contribution in [0.3, 0.4) is 0 Å². The van der Waals surface area contributed by atoms with Crippen LogP contribution in [0.15, 0.2) is 115 Å². The zero-order chi connectivity index (χ0) is 47.8. The third-order valence-electron chi connectivity index (χ3n) is 16.2. The summed E-state index contributed by atoms with van der Waals surface area (Å²) in [5.74, 6) is -1.23. The number of phenolic OH excluding ortho intramolecular Hbond substituents is 2. The van der Waals surface area contributed by atoms with E-state index in [1.807, 2.05) is 66.7 Å². The number of rotatable bonds is 21. The van der Waals surface area contributed by atoms with Crippen LogP contribution < -0.4 is 11.1 Å². The molecule has 10 nitrogen and oxygen atoms in total. The number of carbonyl (C=O) groups is 1. The molecule has 0 amide bonds. The monoisotopic (exact) mass is 926 g/mol. The Bertz CT molecular complexity index is 2390. The summed E-state index contributed by atoms with van der Waals surface area (Å²) >= 11 is 0. The van der Waals surface area contributed by atoms with Crippen LogP contribution in [0.4, 0.5) is 0 Å². The Labute approximate surface area is 403 Å². The van der Waals surface area contributed by atoms with Crippen molar-refractivity contribution in [2.75, 3.05) is 6.54 Å². The first-order valence-electron chi connectivity index (χ1n) is 25.7. The summed E-state index contributed by atoms with van der Waals surface area (Å²) in [5.41, 5.74) is 12.2. The molecule has 0 radical (unpaired) electrons. The van der Waals surface area contributed by atoms with E-state index in [1.165, 1.54) is 25.3 Å². The van der Waals surface area contributed by atoms with E-state index in [4.69, 9.17) is 5.73 Å². The predicted molar refractivity (Wildman–Crippen MR) is 269 cm³/mol. The Morgan fingerprint density at radius 2 is 1.65 bits per heavy atom. The van der Waals surface area contributed by atoms with E-state index in [-0.39, 0.29) is 47.2 Å². The molecule has 2 fully saturated rings. The largest absolute Gasteiger partial charge is 0.508 e. The van der Waals surface area contributed by atoms with Gasteiger partial charge < -0.3 is 46.7 Å². The second kappa shape index (κ2) is 22.4. The number of carboxylic acids is 1. The number of nitrogens with one attached hydrogen (secondary N) is 2. The highest BCUT2D eigenvalue weighted by molar-refractivity contribution is 5.85. The number of fused-ring (bicyclic) bond motifs is 1. The van der Waals surface area contributed by atoms with E-state index in [9.17, 15) is 35.4 Å². The van der Waals surface area contributed by atoms with Crippen molar-refractivity contribution in [3.63, 3.8) is 0 Å². The van der Waals surface area contributed by atoms with Crippen LogP contribution in [-0.2, 0) is 17.6 Å². The Balaban J connectivity index is 1.01. The van der Waals surface area contributed by atoms with Gasteiger partial charge in [-0.05, 0) is 129 Å². The molecule has 364 valence electrons. The van der Waals surface area contributed by atoms with Gasteiger partial charge in [0, 0.05) is 47.3 Å². The summed E-state index contributed by atoms with van der Waals surface area (Å²) < 4.78 is 0. The van der Waals surface area contributed by atoms with Crippen molar-refractivity contribution >= 4 is 5.97 Å². The minimum absolute atomic E-state index is 0.00553. The fourth-order valence-corrected chi connectivity index (χ4v) is 12.6. The first-order valence-corrected chi connectivity index (χ1v) is 25.7. The molecule has 0 spiro atoms. The Hall–Kier alpha value is -5.29. The number of dihydropyridines is 1. The number of aliphatic hydroxyl groups excluding tert-OH is 2. The number of aliphatic carboxylic acids is 1. The van der Waals surface area contributed by atoms with Crippen LogP contribution in [-0.4, -0.2) is 65.9 Å². The summed E-state index contributed by atoms with van der Waals surface area (Å²) in [7, 11) is 0. The van der Waals surface area contributed by atoms with Gasteiger partial charge in [-0.1, -0.05) is 124 Å². The molecular formula is C58H75N3O7. The quantitative estimate of drug-likeness (QED) is 0.0289. The summed E-state index contributed by atoms with van der Waals surface area (Å²) in [4.78, 5) is 16.6. The number of aromatic amines is 1. The number of benzene rings is 3. The molecule has 0 bridgehead atoms. The topological polar surface area (TPSA) is 192 Å². The molecule has 3 aliphatic carbocycles. The fourth-order valence-electron chi connectivity index (χ4n) is 12.6. The van der Waals surface area contributed by atoms with Gasteiger partial charge >= 0.3 is 5.97 Å². The van der Waals surface area contributed by atoms with Gasteiger partial charge in [-0.3, -0.25) is 4.79 Å². The van der Waals surface area contributed by atoms with Crippen LogP contribution in [0.2, 0.25) is 0 Å². The van der Waals surface area contributed by atoms with E-state index >= 15 is 0 Å². The van der Waals surface area contributed by atoms with E-state index in [2.05, 4.69) is 41.5 Å². The SMILES string of the molecule is CCCCCC1C=CC(CCCCCC(C(=O)O)C(O)C2CCC3C(CC4=CCNC(N)=C4)CC(Cc4cc(-c5ccccc5)c(-c5cc(O)cc(O)c5Cc5ccccc5)[nH]4)C3(O)C2)C(O)C1. The molecule has 1 aromatic heterocycles. The van der Waals surface area contributed by atoms with Crippen molar-refractivity contribution in [2.45, 2.75) is 134 Å². The third-order valence-corrected chi connectivity index (χ3v) is 16.2. The van der Waals surface area contributed by atoms with Crippen LogP contribution in [0.1, 0.15) is 120 Å². The zero-order valence-corrected chi connectivity index (χ0v) is 39.9. The Morgan fingerprint density at radius 3 is 2.38 bits per heavy atom. The number of H-pyrrole nitrogens is 1. The lowest BCUT2D eigenvalue weighted by Crippen LogP contribution is -2.50. The number of unbranched alkanes of at least 4 members (excludes halogenated alkanes) is 4. The lowest BCUT2D eigenvalue weighted by molar-refractivity contribution is -0.152. The van der Waals surface area contributed by atoms with Crippen molar-refractivity contribution in [3.8, 4) is 33.9 Å². The number of nitrogens with two attached hydrogens (primary N) is 1. The standard InChI is InChI=1S/C58H75N3O7/c1-2-3-7-14-38-21-22-41(52(63)29-38)19-12-6-13-20-47(57(66)67)56(65)42-23-24-51-43(27-39-25-26-60-54(59)30-39)31-44(58(51,68)36-42)32-45-33-48(40-17-10-5-11-18-40)55(61-45)50-34-46(62)35-53(64)49(50)28-37-15-8-4-9-16-37/h4-5,8-11,15-18,21-22,25,30,33-35,38,41-44,47,51-52,56,60-65,68H,2-3,6-7,12-14,19-20,23-24,26-29,31-32,36,59H2,1H3,(H,66,67). The first-order chi connectivity index (χ1) is 32.9. The molecular weight excluding hydrogens is 851 g/mol. The van der Waals surface area contributed by atoms with Crippen molar-refractivity contribution in [3.05, 3.63) is 131 Å². The number of aromatic hydroxyl groups is 2. The number of hydrogen-bond donors (Lipinski definition) is 9. The summed E-state index contributed by atoms with van der Waals surface area (Å²) in [6.45, 7) is 2.86. The molecule has 4 aromatic rings. The van der Waals surface area contributed by atoms with Gasteiger partial charge in [-0.15, -0.1) is 0 Å². The first kappa shape index (κ1) is 49.1. The number of carboxylic acid groups (broad SMARTS) is 1. The predicted octanol–water partition coefficient (Wildman–Crippen LogP) is 10.5. The van der Waals surface area contributed by atoms with E-state index in [1.54, 1.807) is 6.07 Å². The zero-order valence-electron chi connectivity index (χ0n) is 39.9. The van der Waals surface area contributed by atoms with Gasteiger partial charge in [0.2, 0.25) is 0 Å². The summed E-state index contributed by atoms with van der Waals surface area (Å²) in [6.07, 6.45) is 20.5. The van der Waals surface area contributed by atoms with Gasteiger partial charge in [-0.25, -0.2) is 0 Å². The fraction of sp³-hybridized carbons (Fsp3) is 0.500. The van der Waals surface area contributed by atoms with Crippen molar-refractivity contribution in [1.29, 1.82) is 0 Å². The van der Waals surface area contributed by atoms with Gasteiger partial charge in [0.05, 0.1) is 35.2 Å². The highest BCUT2D eigenvalue weighted by atomic mass is 16.4. The minimum Gasteiger partial charge on any atom is -0.508 e. The lowest BCUT2D eigenvalue weighted by atomic mass is 9.64. The maximum absolute atomic E-state index is 13.2. The Kier molecular flexibility index (Phi) is 16.2. The number of allylic oxidation sites excluding steroid dienone is 3. The Morgan fingerprint density at radius 1 is 0.882 bits per heavy atom.